The van der Waals surface area contributed by atoms with Gasteiger partial charge in [-0.1, -0.05) is 0 Å². The fourth-order valence-electron chi connectivity index (χ4n) is 1.80. The van der Waals surface area contributed by atoms with Crippen LogP contribution in [-0.2, 0) is 14.6 Å². The van der Waals surface area contributed by atoms with Crippen LogP contribution >= 0.6 is 11.6 Å². The molecule has 1 aliphatic rings. The third-order valence-electron chi connectivity index (χ3n) is 2.86. The zero-order valence-corrected chi connectivity index (χ0v) is 12.2. The van der Waals surface area contributed by atoms with Crippen molar-refractivity contribution in [2.24, 2.45) is 0 Å². The molecule has 8 heteroatoms. The predicted molar refractivity (Wildman–Crippen MR) is 72.2 cm³/mol. The maximum absolute atomic E-state index is 11.6. The average Bonchev–Trinajstić information content (AvgIpc) is 2.73. The van der Waals surface area contributed by atoms with Crippen molar-refractivity contribution in [1.82, 2.24) is 10.2 Å². The van der Waals surface area contributed by atoms with Crippen LogP contribution in [0.15, 0.2) is 11.8 Å². The van der Waals surface area contributed by atoms with Crippen LogP contribution in [0.3, 0.4) is 0 Å². The van der Waals surface area contributed by atoms with E-state index in [1.165, 1.54) is 6.20 Å². The summed E-state index contributed by atoms with van der Waals surface area (Å²) in [6, 6.07) is 1.61. The van der Waals surface area contributed by atoms with Gasteiger partial charge in [-0.15, -0.1) is 11.6 Å². The minimum Gasteiger partial charge on any atom is -0.375 e. The van der Waals surface area contributed by atoms with Gasteiger partial charge in [0.05, 0.1) is 11.5 Å². The van der Waals surface area contributed by atoms with Gasteiger partial charge in [0.25, 0.3) is 5.91 Å². The van der Waals surface area contributed by atoms with Crippen molar-refractivity contribution in [2.45, 2.75) is 12.5 Å². The number of carbonyl (C=O) groups is 1. The minimum absolute atomic E-state index is 0.0575. The van der Waals surface area contributed by atoms with Crippen LogP contribution in [0.5, 0.6) is 0 Å². The van der Waals surface area contributed by atoms with Crippen molar-refractivity contribution in [3.05, 3.63) is 11.8 Å². The summed E-state index contributed by atoms with van der Waals surface area (Å²) >= 11 is 5.44. The summed E-state index contributed by atoms with van der Waals surface area (Å²) < 4.78 is 22.7. The Morgan fingerprint density at radius 3 is 2.79 bits per heavy atom. The average molecular weight is 306 g/mol. The van der Waals surface area contributed by atoms with E-state index < -0.39 is 15.7 Å². The molecule has 1 rings (SSSR count). The van der Waals surface area contributed by atoms with Crippen molar-refractivity contribution in [1.29, 1.82) is 5.26 Å². The Morgan fingerprint density at radius 1 is 1.63 bits per heavy atom. The molecule has 106 valence electrons. The quantitative estimate of drug-likeness (QED) is 0.434. The predicted octanol–water partition coefficient (Wildman–Crippen LogP) is -0.132. The van der Waals surface area contributed by atoms with E-state index in [-0.39, 0.29) is 35.5 Å². The number of hydrogen-bond acceptors (Lipinski definition) is 5. The first-order valence-electron chi connectivity index (χ1n) is 5.78. The molecule has 1 unspecified atom stereocenters. The summed E-state index contributed by atoms with van der Waals surface area (Å²) in [6.45, 7) is 0.279. The number of rotatable bonds is 5. The Kier molecular flexibility index (Phi) is 5.63. The van der Waals surface area contributed by atoms with E-state index in [9.17, 15) is 13.2 Å². The largest absolute Gasteiger partial charge is 0.375 e. The van der Waals surface area contributed by atoms with Gasteiger partial charge in [0.2, 0.25) is 0 Å². The van der Waals surface area contributed by atoms with Crippen LogP contribution in [0.1, 0.15) is 6.42 Å². The molecule has 0 saturated carbocycles. The number of halogens is 1. The lowest BCUT2D eigenvalue weighted by molar-refractivity contribution is -0.117. The topological polar surface area (TPSA) is 90.3 Å². The van der Waals surface area contributed by atoms with Crippen LogP contribution < -0.4 is 5.32 Å². The number of nitrogens with one attached hydrogen (secondary N) is 1. The molecule has 0 radical (unpaired) electrons. The van der Waals surface area contributed by atoms with E-state index in [0.717, 1.165) is 0 Å². The number of amides is 1. The van der Waals surface area contributed by atoms with Crippen molar-refractivity contribution in [3.8, 4) is 6.07 Å². The van der Waals surface area contributed by atoms with Crippen LogP contribution in [0, 0.1) is 11.3 Å². The van der Waals surface area contributed by atoms with Crippen LogP contribution in [0.4, 0.5) is 0 Å². The number of alkyl halides is 1. The zero-order chi connectivity index (χ0) is 14.5. The van der Waals surface area contributed by atoms with E-state index >= 15 is 0 Å². The molecule has 0 spiro atoms. The third-order valence-corrected chi connectivity index (χ3v) is 4.80. The first-order chi connectivity index (χ1) is 8.89. The van der Waals surface area contributed by atoms with Crippen LogP contribution in [0.25, 0.3) is 0 Å². The summed E-state index contributed by atoms with van der Waals surface area (Å²) in [5.74, 6) is -0.0323. The lowest BCUT2D eigenvalue weighted by Crippen LogP contribution is -2.31. The number of nitriles is 1. The van der Waals surface area contributed by atoms with Gasteiger partial charge in [0.1, 0.15) is 11.6 Å². The molecule has 1 saturated heterocycles. The molecule has 0 aromatic rings. The maximum Gasteiger partial charge on any atom is 0.263 e. The second-order valence-corrected chi connectivity index (χ2v) is 6.93. The van der Waals surface area contributed by atoms with E-state index in [4.69, 9.17) is 16.9 Å². The molecule has 1 fully saturated rings. The molecule has 0 aromatic carbocycles. The number of hydrogen-bond donors (Lipinski definition) is 1. The van der Waals surface area contributed by atoms with Crippen molar-refractivity contribution >= 4 is 27.3 Å². The fourth-order valence-corrected chi connectivity index (χ4v) is 3.68. The Bertz CT molecular complexity index is 510. The highest BCUT2D eigenvalue weighted by Gasteiger charge is 2.30. The zero-order valence-electron chi connectivity index (χ0n) is 10.6. The molecule has 1 heterocycles. The Balaban J connectivity index is 2.71. The number of carbonyl (C=O) groups excluding carboxylic acids is 1. The molecule has 0 bridgehead atoms. The van der Waals surface area contributed by atoms with Gasteiger partial charge in [0.15, 0.2) is 9.84 Å². The smallest absolute Gasteiger partial charge is 0.263 e. The van der Waals surface area contributed by atoms with Gasteiger partial charge >= 0.3 is 0 Å². The molecule has 0 aromatic heterocycles. The molecular formula is C11H16ClN3O3S. The van der Waals surface area contributed by atoms with E-state index in [1.807, 2.05) is 0 Å². The van der Waals surface area contributed by atoms with Gasteiger partial charge in [-0.05, 0) is 6.42 Å². The standard InChI is InChI=1S/C11H16ClN3O3S/c1-15(10-2-5-19(17,18)8-10)7-9(6-13)11(16)14-4-3-12/h7,10H,2-5,8H2,1H3,(H,14,16)/b9-7-. The summed E-state index contributed by atoms with van der Waals surface area (Å²) in [7, 11) is -1.32. The number of sulfone groups is 1. The second-order valence-electron chi connectivity index (χ2n) is 4.32. The normalized spacial score (nSPS) is 21.7. The monoisotopic (exact) mass is 305 g/mol. The van der Waals surface area contributed by atoms with Gasteiger partial charge in [-0.3, -0.25) is 4.79 Å². The minimum atomic E-state index is -2.99. The number of nitrogens with zero attached hydrogens (tertiary/aromatic N) is 2. The molecule has 19 heavy (non-hydrogen) atoms. The third kappa shape index (κ3) is 4.73. The Labute approximate surface area is 117 Å². The van der Waals surface area contributed by atoms with Crippen LogP contribution in [-0.4, -0.2) is 56.2 Å². The summed E-state index contributed by atoms with van der Waals surface area (Å²) in [5, 5.41) is 11.4. The first-order valence-corrected chi connectivity index (χ1v) is 8.13. The molecule has 1 N–H and O–H groups in total. The maximum atomic E-state index is 11.6. The Hall–Kier alpha value is -1.26. The van der Waals surface area contributed by atoms with Crippen molar-refractivity contribution in [2.75, 3.05) is 31.0 Å². The SMILES string of the molecule is CN(/C=C(/C#N)C(=O)NCCCl)C1CCS(=O)(=O)C1. The molecule has 6 nitrogen and oxygen atoms in total. The highest BCUT2D eigenvalue weighted by atomic mass is 35.5. The van der Waals surface area contributed by atoms with Gasteiger partial charge < -0.3 is 10.2 Å². The molecule has 1 amide bonds. The highest BCUT2D eigenvalue weighted by molar-refractivity contribution is 7.91. The summed E-state index contributed by atoms with van der Waals surface area (Å²) in [6.07, 6.45) is 1.90. The van der Waals surface area contributed by atoms with Gasteiger partial charge in [0, 0.05) is 31.7 Å². The fraction of sp³-hybridized carbons (Fsp3) is 0.636. The summed E-state index contributed by atoms with van der Waals surface area (Å²) in [4.78, 5) is 13.2. The first kappa shape index (κ1) is 15.8. The van der Waals surface area contributed by atoms with Crippen LogP contribution in [0.2, 0.25) is 0 Å². The van der Waals surface area contributed by atoms with E-state index in [2.05, 4.69) is 5.32 Å². The van der Waals surface area contributed by atoms with E-state index in [1.54, 1.807) is 18.0 Å². The van der Waals surface area contributed by atoms with Crippen molar-refractivity contribution < 1.29 is 13.2 Å². The summed E-state index contributed by atoms with van der Waals surface area (Å²) in [5.41, 5.74) is -0.0584. The Morgan fingerprint density at radius 2 is 2.32 bits per heavy atom. The second kappa shape index (κ2) is 6.78. The van der Waals surface area contributed by atoms with Crippen molar-refractivity contribution in [3.63, 3.8) is 0 Å². The lowest BCUT2D eigenvalue weighted by atomic mass is 10.2. The van der Waals surface area contributed by atoms with E-state index in [0.29, 0.717) is 6.42 Å². The molecule has 0 aliphatic carbocycles. The molecular weight excluding hydrogens is 290 g/mol. The highest BCUT2D eigenvalue weighted by Crippen LogP contribution is 2.17. The molecule has 1 aliphatic heterocycles. The van der Waals surface area contributed by atoms with Gasteiger partial charge in [-0.2, -0.15) is 5.26 Å². The molecule has 1 atom stereocenters. The van der Waals surface area contributed by atoms with Gasteiger partial charge in [-0.25, -0.2) is 8.42 Å². The lowest BCUT2D eigenvalue weighted by Gasteiger charge is -2.21.